The highest BCUT2D eigenvalue weighted by Crippen LogP contribution is 2.27. The number of alkyl halides is 2. The molecule has 2 unspecified atom stereocenters. The van der Waals surface area contributed by atoms with Crippen molar-refractivity contribution in [3.05, 3.63) is 78.4 Å². The second-order valence-electron chi connectivity index (χ2n) is 12.0. The molecular formula is C35H42F2N10O2. The summed E-state index contributed by atoms with van der Waals surface area (Å²) in [7, 11) is 1.86. The van der Waals surface area contributed by atoms with Crippen LogP contribution in [0.3, 0.4) is 0 Å². The number of hydrogen-bond donors (Lipinski definition) is 2. The van der Waals surface area contributed by atoms with Gasteiger partial charge in [-0.05, 0) is 49.8 Å². The van der Waals surface area contributed by atoms with Gasteiger partial charge in [0.2, 0.25) is 5.95 Å². The number of amides is 2. The summed E-state index contributed by atoms with van der Waals surface area (Å²) in [5.74, 6) is 1.34. The van der Waals surface area contributed by atoms with Crippen molar-refractivity contribution in [2.75, 3.05) is 34.8 Å². The first-order valence-electron chi connectivity index (χ1n) is 16.6. The third kappa shape index (κ3) is 9.70. The number of anilines is 3. The number of nitriles is 1. The SMILES string of the molecule is CCCC(CCCCNc1ncc(C#N)c(N2CCC(OC(F)F)C2)n1)N(C(=O)NCc1ccccc1)c1ccc(-c2cnn(C)c2)cn1. The Bertz CT molecular complexity index is 1680. The maximum Gasteiger partial charge on any atom is 0.345 e. The first kappa shape index (κ1) is 35.2. The largest absolute Gasteiger partial charge is 0.354 e. The molecule has 4 aromatic rings. The lowest BCUT2D eigenvalue weighted by atomic mass is 10.0. The summed E-state index contributed by atoms with van der Waals surface area (Å²) in [6.07, 6.45) is 10.8. The van der Waals surface area contributed by atoms with Crippen LogP contribution in [-0.2, 0) is 18.3 Å². The molecule has 49 heavy (non-hydrogen) atoms. The molecule has 1 fully saturated rings. The molecule has 0 bridgehead atoms. The third-order valence-electron chi connectivity index (χ3n) is 8.40. The van der Waals surface area contributed by atoms with Crippen LogP contribution in [0, 0.1) is 11.3 Å². The lowest BCUT2D eigenvalue weighted by molar-refractivity contribution is -0.156. The number of aryl methyl sites for hydroxylation is 1. The van der Waals surface area contributed by atoms with E-state index in [0.717, 1.165) is 48.8 Å². The molecule has 1 aromatic carbocycles. The van der Waals surface area contributed by atoms with E-state index >= 15 is 0 Å². The van der Waals surface area contributed by atoms with Crippen molar-refractivity contribution in [1.82, 2.24) is 30.0 Å². The lowest BCUT2D eigenvalue weighted by Gasteiger charge is -2.31. The predicted octanol–water partition coefficient (Wildman–Crippen LogP) is 6.13. The van der Waals surface area contributed by atoms with Gasteiger partial charge in [0.25, 0.3) is 0 Å². The van der Waals surface area contributed by atoms with Crippen molar-refractivity contribution in [1.29, 1.82) is 5.26 Å². The van der Waals surface area contributed by atoms with Crippen molar-refractivity contribution < 1.29 is 18.3 Å². The third-order valence-corrected chi connectivity index (χ3v) is 8.40. The van der Waals surface area contributed by atoms with E-state index in [1.807, 2.05) is 55.7 Å². The van der Waals surface area contributed by atoms with E-state index in [2.05, 4.69) is 43.4 Å². The van der Waals surface area contributed by atoms with Crippen molar-refractivity contribution in [3.8, 4) is 17.2 Å². The number of benzene rings is 1. The lowest BCUT2D eigenvalue weighted by Crippen LogP contribution is -2.46. The average molecular weight is 673 g/mol. The number of nitrogens with one attached hydrogen (secondary N) is 2. The molecule has 0 aliphatic carbocycles. The number of unbranched alkanes of at least 4 members (excludes halogenated alkanes) is 1. The van der Waals surface area contributed by atoms with E-state index in [1.165, 1.54) is 6.20 Å². The molecule has 2 amide bonds. The van der Waals surface area contributed by atoms with Crippen LogP contribution in [0.1, 0.15) is 56.6 Å². The number of ether oxygens (including phenoxy) is 1. The summed E-state index contributed by atoms with van der Waals surface area (Å²) in [6.45, 7) is 0.916. The van der Waals surface area contributed by atoms with Crippen LogP contribution < -0.4 is 20.4 Å². The highest BCUT2D eigenvalue weighted by molar-refractivity contribution is 5.91. The van der Waals surface area contributed by atoms with E-state index in [-0.39, 0.29) is 24.2 Å². The normalized spacial score (nSPS) is 14.9. The van der Waals surface area contributed by atoms with Gasteiger partial charge in [-0.1, -0.05) is 43.7 Å². The fraction of sp³-hybridized carbons (Fsp3) is 0.429. The number of nitrogens with zero attached hydrogens (tertiary/aromatic N) is 8. The van der Waals surface area contributed by atoms with Crippen LogP contribution in [0.15, 0.2) is 67.3 Å². The van der Waals surface area contributed by atoms with Gasteiger partial charge in [0.15, 0.2) is 5.82 Å². The Kier molecular flexibility index (Phi) is 12.4. The van der Waals surface area contributed by atoms with Crippen LogP contribution >= 0.6 is 0 Å². The average Bonchev–Trinajstić information content (AvgIpc) is 3.76. The quantitative estimate of drug-likeness (QED) is 0.135. The van der Waals surface area contributed by atoms with Gasteiger partial charge in [0, 0.05) is 62.8 Å². The maximum atomic E-state index is 13.8. The van der Waals surface area contributed by atoms with Gasteiger partial charge in [0.1, 0.15) is 17.5 Å². The molecule has 14 heteroatoms. The predicted molar refractivity (Wildman–Crippen MR) is 183 cm³/mol. The monoisotopic (exact) mass is 672 g/mol. The van der Waals surface area contributed by atoms with E-state index in [1.54, 1.807) is 26.9 Å². The Labute approximate surface area is 285 Å². The Morgan fingerprint density at radius 1 is 1.10 bits per heavy atom. The number of urea groups is 1. The fourth-order valence-electron chi connectivity index (χ4n) is 5.98. The minimum Gasteiger partial charge on any atom is -0.354 e. The molecule has 1 aliphatic rings. The molecule has 0 spiro atoms. The first-order chi connectivity index (χ1) is 23.8. The second-order valence-corrected chi connectivity index (χ2v) is 12.0. The van der Waals surface area contributed by atoms with E-state index in [4.69, 9.17) is 4.98 Å². The van der Waals surface area contributed by atoms with Gasteiger partial charge in [-0.3, -0.25) is 9.58 Å². The molecule has 0 radical (unpaired) electrons. The van der Waals surface area contributed by atoms with Gasteiger partial charge in [-0.15, -0.1) is 0 Å². The molecule has 3 aromatic heterocycles. The molecule has 12 nitrogen and oxygen atoms in total. The highest BCUT2D eigenvalue weighted by atomic mass is 19.3. The first-order valence-corrected chi connectivity index (χ1v) is 16.6. The topological polar surface area (TPSA) is 137 Å². The van der Waals surface area contributed by atoms with Crippen LogP contribution in [-0.4, -0.2) is 69.2 Å². The minimum absolute atomic E-state index is 0.0890. The van der Waals surface area contributed by atoms with Crippen LogP contribution in [0.4, 0.5) is 31.2 Å². The summed E-state index contributed by atoms with van der Waals surface area (Å²) in [6, 6.07) is 15.4. The van der Waals surface area contributed by atoms with Gasteiger partial charge >= 0.3 is 12.6 Å². The van der Waals surface area contributed by atoms with Crippen molar-refractivity contribution in [2.24, 2.45) is 7.05 Å². The summed E-state index contributed by atoms with van der Waals surface area (Å²) in [5.41, 5.74) is 3.15. The second kappa shape index (κ2) is 17.3. The Morgan fingerprint density at radius 2 is 1.94 bits per heavy atom. The van der Waals surface area contributed by atoms with Crippen LogP contribution in [0.2, 0.25) is 0 Å². The molecule has 4 heterocycles. The van der Waals surface area contributed by atoms with E-state index < -0.39 is 12.7 Å². The fourth-order valence-corrected chi connectivity index (χ4v) is 5.98. The smallest absolute Gasteiger partial charge is 0.345 e. The zero-order valence-corrected chi connectivity index (χ0v) is 27.8. The summed E-state index contributed by atoms with van der Waals surface area (Å²) >= 11 is 0. The number of halogens is 2. The molecule has 2 atom stereocenters. The number of carbonyl (C=O) groups excluding carboxylic acids is 1. The van der Waals surface area contributed by atoms with Crippen molar-refractivity contribution >= 4 is 23.6 Å². The van der Waals surface area contributed by atoms with Gasteiger partial charge in [-0.2, -0.15) is 24.1 Å². The Morgan fingerprint density at radius 3 is 2.63 bits per heavy atom. The molecule has 258 valence electrons. The van der Waals surface area contributed by atoms with Crippen molar-refractivity contribution in [2.45, 2.75) is 70.8 Å². The summed E-state index contributed by atoms with van der Waals surface area (Å²) < 4.78 is 31.8. The number of hydrogen-bond acceptors (Lipinski definition) is 9. The van der Waals surface area contributed by atoms with Crippen LogP contribution in [0.25, 0.3) is 11.1 Å². The highest BCUT2D eigenvalue weighted by Gasteiger charge is 2.29. The molecule has 2 N–H and O–H groups in total. The number of carbonyl (C=O) groups is 1. The summed E-state index contributed by atoms with van der Waals surface area (Å²) in [4.78, 5) is 30.9. The van der Waals surface area contributed by atoms with Crippen LogP contribution in [0.5, 0.6) is 0 Å². The molecule has 5 rings (SSSR count). The zero-order valence-electron chi connectivity index (χ0n) is 27.8. The Hall–Kier alpha value is -5.16. The van der Waals surface area contributed by atoms with Crippen molar-refractivity contribution in [3.63, 3.8) is 0 Å². The molecular weight excluding hydrogens is 630 g/mol. The molecule has 1 saturated heterocycles. The number of rotatable bonds is 16. The minimum atomic E-state index is -2.84. The zero-order chi connectivity index (χ0) is 34.6. The van der Waals surface area contributed by atoms with Gasteiger partial charge in [0.05, 0.1) is 18.5 Å². The number of aromatic nitrogens is 5. The summed E-state index contributed by atoms with van der Waals surface area (Å²) in [5, 5.41) is 20.2. The standard InChI is InChI=1S/C35H42F2N10O2/c1-3-9-29(12-7-8-16-39-34-41-21-27(18-38)32(44-34)46-17-15-30(24-46)49-33(36)37)47(35(48)42-19-25-10-5-4-6-11-25)31-14-13-26(20-40-31)28-22-43-45(2)23-28/h4-6,10-11,13-14,20-23,29-30,33H,3,7-9,12,15-17,19,24H2,1-2H3,(H,42,48)(H,39,41,44). The van der Waals surface area contributed by atoms with E-state index in [9.17, 15) is 18.8 Å². The van der Waals surface area contributed by atoms with Gasteiger partial charge in [-0.25, -0.2) is 14.8 Å². The maximum absolute atomic E-state index is 13.8. The van der Waals surface area contributed by atoms with E-state index in [0.29, 0.717) is 43.6 Å². The number of pyridine rings is 1. The molecule has 0 saturated carbocycles. The van der Waals surface area contributed by atoms with Gasteiger partial charge < -0.3 is 20.3 Å². The Balaban J connectivity index is 1.22. The molecule has 1 aliphatic heterocycles.